The standard InChI is InChI=1S/C17H11BrN4O2/c18-11-7-5-10(6-8-11)16-21-22-17(24-16)20-15(23)13-9-19-14-4-2-1-3-12(13)14/h1-9,19H,(H,20,22,23). The smallest absolute Gasteiger partial charge is 0.322 e. The number of nitrogens with zero attached hydrogens (tertiary/aromatic N) is 2. The fourth-order valence-corrected chi connectivity index (χ4v) is 2.67. The number of benzene rings is 2. The van der Waals surface area contributed by atoms with Crippen LogP contribution in [0.4, 0.5) is 6.01 Å². The van der Waals surface area contributed by atoms with E-state index in [9.17, 15) is 4.79 Å². The van der Waals surface area contributed by atoms with Gasteiger partial charge in [-0.25, -0.2) is 0 Å². The van der Waals surface area contributed by atoms with Crippen LogP contribution in [-0.4, -0.2) is 21.1 Å². The predicted octanol–water partition coefficient (Wildman–Crippen LogP) is 4.23. The maximum absolute atomic E-state index is 12.4. The quantitative estimate of drug-likeness (QED) is 0.555. The van der Waals surface area contributed by atoms with Gasteiger partial charge >= 0.3 is 6.01 Å². The number of H-pyrrole nitrogens is 1. The number of fused-ring (bicyclic) bond motifs is 1. The minimum absolute atomic E-state index is 0.0585. The molecule has 2 N–H and O–H groups in total. The highest BCUT2D eigenvalue weighted by Gasteiger charge is 2.15. The molecule has 4 rings (SSSR count). The van der Waals surface area contributed by atoms with Gasteiger partial charge in [-0.1, -0.05) is 39.2 Å². The average Bonchev–Trinajstić information content (AvgIpc) is 3.22. The largest absolute Gasteiger partial charge is 0.403 e. The van der Waals surface area contributed by atoms with Gasteiger partial charge < -0.3 is 9.40 Å². The van der Waals surface area contributed by atoms with Crippen LogP contribution in [-0.2, 0) is 0 Å². The first-order valence-electron chi connectivity index (χ1n) is 7.17. The Labute approximate surface area is 145 Å². The molecule has 0 aliphatic rings. The Balaban J connectivity index is 1.57. The summed E-state index contributed by atoms with van der Waals surface area (Å²) in [4.78, 5) is 15.5. The van der Waals surface area contributed by atoms with Crippen molar-refractivity contribution in [1.29, 1.82) is 0 Å². The molecule has 0 fully saturated rings. The second-order valence-electron chi connectivity index (χ2n) is 5.12. The van der Waals surface area contributed by atoms with E-state index in [4.69, 9.17) is 4.42 Å². The maximum Gasteiger partial charge on any atom is 0.322 e. The highest BCUT2D eigenvalue weighted by Crippen LogP contribution is 2.23. The number of rotatable bonds is 3. The van der Waals surface area contributed by atoms with Crippen molar-refractivity contribution >= 4 is 38.8 Å². The normalized spacial score (nSPS) is 10.9. The van der Waals surface area contributed by atoms with Gasteiger partial charge in [-0.2, -0.15) is 0 Å². The molecule has 6 nitrogen and oxygen atoms in total. The highest BCUT2D eigenvalue weighted by atomic mass is 79.9. The van der Waals surface area contributed by atoms with Crippen LogP contribution < -0.4 is 5.32 Å². The number of nitrogens with one attached hydrogen (secondary N) is 2. The van der Waals surface area contributed by atoms with E-state index in [1.807, 2.05) is 48.5 Å². The summed E-state index contributed by atoms with van der Waals surface area (Å²) in [6, 6.07) is 15.1. The Morgan fingerprint density at radius 2 is 1.88 bits per heavy atom. The van der Waals surface area contributed by atoms with Gasteiger partial charge in [-0.15, -0.1) is 5.10 Å². The zero-order chi connectivity index (χ0) is 16.5. The van der Waals surface area contributed by atoms with Gasteiger partial charge in [0.2, 0.25) is 5.89 Å². The summed E-state index contributed by atoms with van der Waals surface area (Å²) < 4.78 is 6.47. The van der Waals surface area contributed by atoms with E-state index in [0.29, 0.717) is 11.5 Å². The molecule has 0 unspecified atom stereocenters. The molecule has 0 spiro atoms. The molecule has 0 atom stereocenters. The van der Waals surface area contributed by atoms with Gasteiger partial charge in [0.1, 0.15) is 0 Å². The number of halogens is 1. The summed E-state index contributed by atoms with van der Waals surface area (Å²) in [5.41, 5.74) is 2.19. The number of hydrogen-bond acceptors (Lipinski definition) is 4. The molecule has 0 saturated carbocycles. The number of para-hydroxylation sites is 1. The van der Waals surface area contributed by atoms with Gasteiger partial charge in [0.15, 0.2) is 0 Å². The third-order valence-corrected chi connectivity index (χ3v) is 4.10. The first-order valence-corrected chi connectivity index (χ1v) is 7.97. The summed E-state index contributed by atoms with van der Waals surface area (Å²) in [6.45, 7) is 0. The van der Waals surface area contributed by atoms with Gasteiger partial charge in [-0.3, -0.25) is 10.1 Å². The lowest BCUT2D eigenvalue weighted by molar-refractivity contribution is 0.102. The predicted molar refractivity (Wildman–Crippen MR) is 93.7 cm³/mol. The van der Waals surface area contributed by atoms with Crippen LogP contribution in [0.1, 0.15) is 10.4 Å². The molecule has 0 saturated heterocycles. The van der Waals surface area contributed by atoms with E-state index in [2.05, 4.69) is 36.4 Å². The topological polar surface area (TPSA) is 83.8 Å². The fourth-order valence-electron chi connectivity index (χ4n) is 2.41. The molecule has 2 aromatic heterocycles. The van der Waals surface area contributed by atoms with Crippen molar-refractivity contribution in [3.8, 4) is 11.5 Å². The summed E-state index contributed by atoms with van der Waals surface area (Å²) in [5, 5.41) is 11.3. The fraction of sp³-hybridized carbons (Fsp3) is 0. The zero-order valence-electron chi connectivity index (χ0n) is 12.3. The minimum Gasteiger partial charge on any atom is -0.403 e. The van der Waals surface area contributed by atoms with Crippen molar-refractivity contribution in [2.24, 2.45) is 0 Å². The van der Waals surface area contributed by atoms with Crippen molar-refractivity contribution in [1.82, 2.24) is 15.2 Å². The monoisotopic (exact) mass is 382 g/mol. The van der Waals surface area contributed by atoms with Crippen molar-refractivity contribution in [2.75, 3.05) is 5.32 Å². The SMILES string of the molecule is O=C(Nc1nnc(-c2ccc(Br)cc2)o1)c1c[nH]c2ccccc12. The Bertz CT molecular complexity index is 1020. The molecule has 2 heterocycles. The van der Waals surface area contributed by atoms with Gasteiger partial charge in [0.05, 0.1) is 5.56 Å². The minimum atomic E-state index is -0.307. The third-order valence-electron chi connectivity index (χ3n) is 3.57. The molecule has 0 radical (unpaired) electrons. The van der Waals surface area contributed by atoms with Gasteiger partial charge in [0.25, 0.3) is 5.91 Å². The molecule has 24 heavy (non-hydrogen) atoms. The molecule has 0 aliphatic carbocycles. The number of carbonyl (C=O) groups is 1. The Morgan fingerprint density at radius 1 is 1.08 bits per heavy atom. The lowest BCUT2D eigenvalue weighted by Gasteiger charge is -1.99. The number of aromatic amines is 1. The van der Waals surface area contributed by atoms with Crippen molar-refractivity contribution < 1.29 is 9.21 Å². The van der Waals surface area contributed by atoms with Gasteiger partial charge in [-0.05, 0) is 30.3 Å². The number of amides is 1. The van der Waals surface area contributed by atoms with E-state index in [1.165, 1.54) is 0 Å². The van der Waals surface area contributed by atoms with Gasteiger partial charge in [0, 0.05) is 27.1 Å². The van der Waals surface area contributed by atoms with E-state index in [1.54, 1.807) is 6.20 Å². The van der Waals surface area contributed by atoms with E-state index in [-0.39, 0.29) is 11.9 Å². The van der Waals surface area contributed by atoms with Crippen molar-refractivity contribution in [3.05, 3.63) is 64.8 Å². The van der Waals surface area contributed by atoms with Crippen LogP contribution >= 0.6 is 15.9 Å². The van der Waals surface area contributed by atoms with Crippen LogP contribution in [0.5, 0.6) is 0 Å². The molecule has 0 aliphatic heterocycles. The number of carbonyl (C=O) groups excluding carboxylic acids is 1. The van der Waals surface area contributed by atoms with E-state index >= 15 is 0 Å². The summed E-state index contributed by atoms with van der Waals surface area (Å²) in [7, 11) is 0. The average molecular weight is 383 g/mol. The van der Waals surface area contributed by atoms with Crippen LogP contribution in [0.2, 0.25) is 0 Å². The van der Waals surface area contributed by atoms with E-state index in [0.717, 1.165) is 20.9 Å². The Morgan fingerprint density at radius 3 is 2.71 bits per heavy atom. The molecule has 7 heteroatoms. The summed E-state index contributed by atoms with van der Waals surface area (Å²) >= 11 is 3.37. The van der Waals surface area contributed by atoms with Crippen LogP contribution in [0.3, 0.4) is 0 Å². The van der Waals surface area contributed by atoms with Crippen LogP contribution in [0.25, 0.3) is 22.4 Å². The van der Waals surface area contributed by atoms with E-state index < -0.39 is 0 Å². The molecule has 118 valence electrons. The first kappa shape index (κ1) is 14.6. The molecular formula is C17H11BrN4O2. The molecule has 0 bridgehead atoms. The third kappa shape index (κ3) is 2.69. The van der Waals surface area contributed by atoms with Crippen molar-refractivity contribution in [2.45, 2.75) is 0 Å². The maximum atomic E-state index is 12.4. The molecular weight excluding hydrogens is 372 g/mol. The Hall–Kier alpha value is -2.93. The lowest BCUT2D eigenvalue weighted by atomic mass is 10.2. The molecule has 4 aromatic rings. The molecule has 2 aromatic carbocycles. The number of hydrogen-bond donors (Lipinski definition) is 2. The van der Waals surface area contributed by atoms with Crippen molar-refractivity contribution in [3.63, 3.8) is 0 Å². The highest BCUT2D eigenvalue weighted by molar-refractivity contribution is 9.10. The molecule has 1 amide bonds. The number of anilines is 1. The Kier molecular flexibility index (Phi) is 3.62. The zero-order valence-corrected chi connectivity index (χ0v) is 13.9. The second-order valence-corrected chi connectivity index (χ2v) is 6.04. The first-order chi connectivity index (χ1) is 11.7. The lowest BCUT2D eigenvalue weighted by Crippen LogP contribution is -2.11. The summed E-state index contributed by atoms with van der Waals surface area (Å²) in [6.07, 6.45) is 1.66. The van der Waals surface area contributed by atoms with Crippen LogP contribution in [0.15, 0.2) is 63.6 Å². The second kappa shape index (κ2) is 5.93. The number of aromatic nitrogens is 3. The summed E-state index contributed by atoms with van der Waals surface area (Å²) in [5.74, 6) is 0.0372. The van der Waals surface area contributed by atoms with Crippen LogP contribution in [0, 0.1) is 0 Å².